The molecule has 0 bridgehead atoms. The molecule has 0 aliphatic carbocycles. The molecule has 2 rings (SSSR count). The molecule has 0 atom stereocenters. The Morgan fingerprint density at radius 1 is 1.33 bits per heavy atom. The highest BCUT2D eigenvalue weighted by Gasteiger charge is 2.10. The smallest absolute Gasteiger partial charge is 0.175 e. The van der Waals surface area contributed by atoms with Crippen molar-refractivity contribution in [3.05, 3.63) is 42.0 Å². The zero-order valence-corrected chi connectivity index (χ0v) is 13.4. The average Bonchev–Trinajstić information content (AvgIpc) is 2.84. The summed E-state index contributed by atoms with van der Waals surface area (Å²) in [5, 5.41) is 3.30. The molecule has 0 amide bonds. The van der Waals surface area contributed by atoms with Crippen LogP contribution in [-0.2, 0) is 22.9 Å². The predicted octanol–water partition coefficient (Wildman–Crippen LogP) is 2.62. The first kappa shape index (κ1) is 15.6. The van der Waals surface area contributed by atoms with E-state index < -0.39 is 9.84 Å². The number of rotatable bonds is 6. The first-order valence-electron chi connectivity index (χ1n) is 6.95. The van der Waals surface area contributed by atoms with Gasteiger partial charge in [-0.25, -0.2) is 13.4 Å². The number of aromatic nitrogens is 2. The van der Waals surface area contributed by atoms with E-state index in [0.29, 0.717) is 11.4 Å². The number of hydrogen-bond donors (Lipinski definition) is 1. The highest BCUT2D eigenvalue weighted by molar-refractivity contribution is 7.90. The van der Waals surface area contributed by atoms with Crippen LogP contribution < -0.4 is 5.32 Å². The second-order valence-corrected chi connectivity index (χ2v) is 7.20. The molecule has 0 spiro atoms. The van der Waals surface area contributed by atoms with Crippen molar-refractivity contribution in [1.29, 1.82) is 0 Å². The highest BCUT2D eigenvalue weighted by Crippen LogP contribution is 2.21. The van der Waals surface area contributed by atoms with Crippen LogP contribution in [0.4, 0.5) is 5.69 Å². The number of nitrogens with one attached hydrogen (secondary N) is 1. The topological polar surface area (TPSA) is 64.0 Å². The maximum absolute atomic E-state index is 11.6. The van der Waals surface area contributed by atoms with Gasteiger partial charge in [0.1, 0.15) is 0 Å². The fourth-order valence-corrected chi connectivity index (χ4v) is 2.79. The molecule has 0 saturated carbocycles. The molecule has 1 aromatic heterocycles. The lowest BCUT2D eigenvalue weighted by molar-refractivity contribution is 0.602. The summed E-state index contributed by atoms with van der Waals surface area (Å²) in [5.41, 5.74) is 2.94. The number of aryl methyl sites for hydroxylation is 2. The minimum Gasteiger partial charge on any atom is -0.379 e. The van der Waals surface area contributed by atoms with Gasteiger partial charge in [-0.2, -0.15) is 0 Å². The van der Waals surface area contributed by atoms with Crippen molar-refractivity contribution in [2.24, 2.45) is 0 Å². The van der Waals surface area contributed by atoms with Gasteiger partial charge < -0.3 is 9.88 Å². The van der Waals surface area contributed by atoms with Gasteiger partial charge in [0, 0.05) is 24.7 Å². The van der Waals surface area contributed by atoms with Gasteiger partial charge in [-0.1, -0.05) is 13.0 Å². The van der Waals surface area contributed by atoms with Gasteiger partial charge in [0.2, 0.25) is 0 Å². The quantitative estimate of drug-likeness (QED) is 0.891. The van der Waals surface area contributed by atoms with E-state index in [2.05, 4.69) is 21.8 Å². The van der Waals surface area contributed by atoms with E-state index >= 15 is 0 Å². The number of benzene rings is 1. The van der Waals surface area contributed by atoms with E-state index in [1.807, 2.05) is 25.5 Å². The van der Waals surface area contributed by atoms with Crippen molar-refractivity contribution >= 4 is 15.5 Å². The van der Waals surface area contributed by atoms with Crippen molar-refractivity contribution in [1.82, 2.24) is 9.55 Å². The molecule has 1 aromatic carbocycles. The minimum absolute atomic E-state index is 0.331. The molecule has 0 unspecified atom stereocenters. The molecule has 0 radical (unpaired) electrons. The van der Waals surface area contributed by atoms with Gasteiger partial charge in [-0.15, -0.1) is 0 Å². The molecule has 1 N–H and O–H groups in total. The Morgan fingerprint density at radius 2 is 2.10 bits per heavy atom. The van der Waals surface area contributed by atoms with E-state index in [0.717, 1.165) is 29.9 Å². The van der Waals surface area contributed by atoms with Crippen LogP contribution in [0.2, 0.25) is 0 Å². The average molecular weight is 307 g/mol. The first-order chi connectivity index (χ1) is 9.91. The largest absolute Gasteiger partial charge is 0.379 e. The van der Waals surface area contributed by atoms with Crippen molar-refractivity contribution in [2.75, 3.05) is 11.6 Å². The number of hydrogen-bond acceptors (Lipinski definition) is 4. The van der Waals surface area contributed by atoms with Crippen LogP contribution >= 0.6 is 0 Å². The molecule has 5 nitrogen and oxygen atoms in total. The number of anilines is 1. The minimum atomic E-state index is -3.19. The van der Waals surface area contributed by atoms with Crippen molar-refractivity contribution < 1.29 is 8.42 Å². The summed E-state index contributed by atoms with van der Waals surface area (Å²) in [7, 11) is -3.19. The molecule has 0 aliphatic heterocycles. The standard InChI is InChI=1S/C15H21N3O2S/c1-4-7-18-11-16-9-13(18)10-17-15-8-14(21(3,19)20)6-5-12(15)2/h5-6,8-9,11,17H,4,7,10H2,1-3H3. The maximum Gasteiger partial charge on any atom is 0.175 e. The van der Waals surface area contributed by atoms with Crippen molar-refractivity contribution in [3.63, 3.8) is 0 Å². The van der Waals surface area contributed by atoms with Gasteiger partial charge in [0.15, 0.2) is 9.84 Å². The van der Waals surface area contributed by atoms with E-state index in [1.165, 1.54) is 6.26 Å². The second kappa shape index (κ2) is 6.30. The Bertz CT molecular complexity index is 720. The zero-order chi connectivity index (χ0) is 15.5. The summed E-state index contributed by atoms with van der Waals surface area (Å²) in [6, 6.07) is 5.14. The van der Waals surface area contributed by atoms with E-state index in [-0.39, 0.29) is 0 Å². The van der Waals surface area contributed by atoms with Crippen molar-refractivity contribution in [3.8, 4) is 0 Å². The summed E-state index contributed by atoms with van der Waals surface area (Å²) < 4.78 is 25.4. The van der Waals surface area contributed by atoms with E-state index in [1.54, 1.807) is 12.1 Å². The summed E-state index contributed by atoms with van der Waals surface area (Å²) in [6.45, 7) is 5.63. The summed E-state index contributed by atoms with van der Waals surface area (Å²) in [6.07, 6.45) is 5.92. The molecule has 0 saturated heterocycles. The first-order valence-corrected chi connectivity index (χ1v) is 8.84. The van der Waals surface area contributed by atoms with Crippen LogP contribution in [0.1, 0.15) is 24.6 Å². The highest BCUT2D eigenvalue weighted by atomic mass is 32.2. The maximum atomic E-state index is 11.6. The summed E-state index contributed by atoms with van der Waals surface area (Å²) in [5.74, 6) is 0. The third kappa shape index (κ3) is 3.85. The number of nitrogens with zero attached hydrogens (tertiary/aromatic N) is 2. The van der Waals surface area contributed by atoms with Crippen LogP contribution in [0, 0.1) is 6.92 Å². The lowest BCUT2D eigenvalue weighted by atomic mass is 10.2. The Balaban J connectivity index is 2.18. The van der Waals surface area contributed by atoms with Crippen LogP contribution in [0.5, 0.6) is 0 Å². The normalized spacial score (nSPS) is 11.6. The van der Waals surface area contributed by atoms with Crippen LogP contribution in [0.3, 0.4) is 0 Å². The molecule has 1 heterocycles. The van der Waals surface area contributed by atoms with Crippen LogP contribution in [0.15, 0.2) is 35.6 Å². The lowest BCUT2D eigenvalue weighted by Crippen LogP contribution is -2.08. The summed E-state index contributed by atoms with van der Waals surface area (Å²) in [4.78, 5) is 4.49. The third-order valence-corrected chi connectivity index (χ3v) is 4.47. The Labute approximate surface area is 125 Å². The van der Waals surface area contributed by atoms with Gasteiger partial charge in [0.25, 0.3) is 0 Å². The summed E-state index contributed by atoms with van der Waals surface area (Å²) >= 11 is 0. The molecule has 21 heavy (non-hydrogen) atoms. The fourth-order valence-electron chi connectivity index (χ4n) is 2.15. The molecule has 0 fully saturated rings. The molecular formula is C15H21N3O2S. The molecular weight excluding hydrogens is 286 g/mol. The predicted molar refractivity (Wildman–Crippen MR) is 84.1 cm³/mol. The molecule has 0 aliphatic rings. The Kier molecular flexibility index (Phi) is 4.67. The van der Waals surface area contributed by atoms with E-state index in [4.69, 9.17) is 0 Å². The third-order valence-electron chi connectivity index (χ3n) is 3.36. The molecule has 114 valence electrons. The lowest BCUT2D eigenvalue weighted by Gasteiger charge is -2.12. The number of imidazole rings is 1. The second-order valence-electron chi connectivity index (χ2n) is 5.18. The van der Waals surface area contributed by atoms with Gasteiger partial charge >= 0.3 is 0 Å². The van der Waals surface area contributed by atoms with Gasteiger partial charge in [0.05, 0.1) is 23.5 Å². The van der Waals surface area contributed by atoms with Crippen LogP contribution in [-0.4, -0.2) is 24.2 Å². The molecule has 6 heteroatoms. The molecule has 2 aromatic rings. The fraction of sp³-hybridized carbons (Fsp3) is 0.400. The monoisotopic (exact) mass is 307 g/mol. The van der Waals surface area contributed by atoms with Gasteiger partial charge in [-0.05, 0) is 31.0 Å². The Morgan fingerprint density at radius 3 is 2.76 bits per heavy atom. The van der Waals surface area contributed by atoms with Crippen molar-refractivity contribution in [2.45, 2.75) is 38.3 Å². The SMILES string of the molecule is CCCn1cncc1CNc1cc(S(C)(=O)=O)ccc1C. The Hall–Kier alpha value is -1.82. The zero-order valence-electron chi connectivity index (χ0n) is 12.6. The van der Waals surface area contributed by atoms with E-state index in [9.17, 15) is 8.42 Å². The van der Waals surface area contributed by atoms with Crippen LogP contribution in [0.25, 0.3) is 0 Å². The van der Waals surface area contributed by atoms with Gasteiger partial charge in [-0.3, -0.25) is 0 Å². The number of sulfone groups is 1.